The lowest BCUT2D eigenvalue weighted by Crippen LogP contribution is -1.96. The minimum Gasteiger partial charge on any atom is -0.148 e. The highest BCUT2D eigenvalue weighted by atomic mass is 32.1. The summed E-state index contributed by atoms with van der Waals surface area (Å²) in [5.74, 6) is 0.725. The van der Waals surface area contributed by atoms with E-state index in [4.69, 9.17) is 0 Å². The molecular formula is C12H16S. The third-order valence-corrected chi connectivity index (χ3v) is 3.80. The van der Waals surface area contributed by atoms with E-state index in [2.05, 4.69) is 30.5 Å². The molecule has 1 aromatic rings. The van der Waals surface area contributed by atoms with Crippen molar-refractivity contribution in [2.24, 2.45) is 0 Å². The third kappa shape index (κ3) is 1.86. The summed E-state index contributed by atoms with van der Waals surface area (Å²) < 4.78 is 0. The van der Waals surface area contributed by atoms with Crippen LogP contribution in [0, 0.1) is 0 Å². The quantitative estimate of drug-likeness (QED) is 0.624. The summed E-state index contributed by atoms with van der Waals surface area (Å²) in [4.78, 5) is 1.55. The Balaban J connectivity index is 2.18. The van der Waals surface area contributed by atoms with Crippen molar-refractivity contribution in [1.82, 2.24) is 0 Å². The van der Waals surface area contributed by atoms with Crippen LogP contribution in [0.15, 0.2) is 29.2 Å². The fourth-order valence-corrected chi connectivity index (χ4v) is 3.10. The smallest absolute Gasteiger partial charge is 0.0140 e. The molecule has 0 N–H and O–H groups in total. The maximum atomic E-state index is 2.45. The van der Waals surface area contributed by atoms with Crippen molar-refractivity contribution >= 4 is 11.3 Å². The lowest BCUT2D eigenvalue weighted by Gasteiger charge is -2.14. The van der Waals surface area contributed by atoms with Gasteiger partial charge >= 0.3 is 0 Å². The van der Waals surface area contributed by atoms with Gasteiger partial charge in [0.2, 0.25) is 0 Å². The average molecular weight is 192 g/mol. The first kappa shape index (κ1) is 9.01. The Hall–Kier alpha value is -0.560. The molecule has 13 heavy (non-hydrogen) atoms. The molecule has 0 amide bonds. The average Bonchev–Trinajstić information content (AvgIpc) is 2.76. The van der Waals surface area contributed by atoms with Crippen LogP contribution in [0.5, 0.6) is 0 Å². The first-order valence-corrected chi connectivity index (χ1v) is 6.02. The standard InChI is InChI=1S/C12H16S/c1-2-11(10-6-3-4-7-10)12-8-5-9-13-12/h5-6,8-9,11H,2-4,7H2,1H3/t11-/m0/s1. The monoisotopic (exact) mass is 192 g/mol. The van der Waals surface area contributed by atoms with Crippen LogP contribution in [0.2, 0.25) is 0 Å². The van der Waals surface area contributed by atoms with Gasteiger partial charge in [-0.2, -0.15) is 0 Å². The van der Waals surface area contributed by atoms with Gasteiger partial charge in [0.25, 0.3) is 0 Å². The molecule has 70 valence electrons. The maximum Gasteiger partial charge on any atom is 0.0140 e. The molecule has 0 bridgehead atoms. The molecule has 1 atom stereocenters. The van der Waals surface area contributed by atoms with Gasteiger partial charge in [0, 0.05) is 10.8 Å². The molecule has 1 aromatic heterocycles. The number of thiophene rings is 1. The van der Waals surface area contributed by atoms with Crippen LogP contribution >= 0.6 is 11.3 Å². The minimum absolute atomic E-state index is 0.725. The van der Waals surface area contributed by atoms with Gasteiger partial charge in [-0.1, -0.05) is 24.6 Å². The number of rotatable bonds is 3. The van der Waals surface area contributed by atoms with E-state index in [0.29, 0.717) is 0 Å². The summed E-state index contributed by atoms with van der Waals surface area (Å²) in [6, 6.07) is 4.44. The lowest BCUT2D eigenvalue weighted by atomic mass is 9.94. The van der Waals surface area contributed by atoms with Gasteiger partial charge in [0.15, 0.2) is 0 Å². The van der Waals surface area contributed by atoms with Crippen LogP contribution in [-0.4, -0.2) is 0 Å². The van der Waals surface area contributed by atoms with Crippen LogP contribution in [0.25, 0.3) is 0 Å². The fraction of sp³-hybridized carbons (Fsp3) is 0.500. The molecule has 0 spiro atoms. The molecule has 1 heterocycles. The summed E-state index contributed by atoms with van der Waals surface area (Å²) in [5.41, 5.74) is 1.69. The van der Waals surface area contributed by atoms with Crippen LogP contribution in [0.4, 0.5) is 0 Å². The molecule has 0 nitrogen and oxygen atoms in total. The van der Waals surface area contributed by atoms with Crippen molar-refractivity contribution in [3.05, 3.63) is 34.0 Å². The maximum absolute atomic E-state index is 2.45. The highest BCUT2D eigenvalue weighted by Gasteiger charge is 2.17. The second-order valence-electron chi connectivity index (χ2n) is 3.65. The van der Waals surface area contributed by atoms with Crippen molar-refractivity contribution in [1.29, 1.82) is 0 Å². The number of hydrogen-bond donors (Lipinski definition) is 0. The minimum atomic E-state index is 0.725. The van der Waals surface area contributed by atoms with Crippen molar-refractivity contribution in [2.45, 2.75) is 38.5 Å². The summed E-state index contributed by atoms with van der Waals surface area (Å²) in [5, 5.41) is 2.19. The van der Waals surface area contributed by atoms with E-state index in [-0.39, 0.29) is 0 Å². The van der Waals surface area contributed by atoms with Crippen molar-refractivity contribution in [3.8, 4) is 0 Å². The fourth-order valence-electron chi connectivity index (χ4n) is 2.15. The van der Waals surface area contributed by atoms with Gasteiger partial charge in [-0.3, -0.25) is 0 Å². The first-order valence-electron chi connectivity index (χ1n) is 5.14. The Morgan fingerprint density at radius 3 is 3.00 bits per heavy atom. The summed E-state index contributed by atoms with van der Waals surface area (Å²) in [6.07, 6.45) is 7.71. The van der Waals surface area contributed by atoms with Crippen LogP contribution in [0.3, 0.4) is 0 Å². The topological polar surface area (TPSA) is 0 Å². The molecule has 1 heteroatoms. The summed E-state index contributed by atoms with van der Waals surface area (Å²) in [7, 11) is 0. The van der Waals surface area contributed by atoms with E-state index in [1.54, 1.807) is 10.5 Å². The van der Waals surface area contributed by atoms with E-state index in [1.165, 1.54) is 25.7 Å². The van der Waals surface area contributed by atoms with E-state index in [9.17, 15) is 0 Å². The first-order chi connectivity index (χ1) is 6.42. The zero-order chi connectivity index (χ0) is 9.10. The zero-order valence-electron chi connectivity index (χ0n) is 8.12. The molecule has 0 aliphatic heterocycles. The lowest BCUT2D eigenvalue weighted by molar-refractivity contribution is 0.737. The Morgan fingerprint density at radius 1 is 1.54 bits per heavy atom. The van der Waals surface area contributed by atoms with Crippen LogP contribution in [-0.2, 0) is 0 Å². The predicted molar refractivity (Wildman–Crippen MR) is 59.3 cm³/mol. The Bertz CT molecular complexity index is 282. The second-order valence-corrected chi connectivity index (χ2v) is 4.63. The summed E-state index contributed by atoms with van der Waals surface area (Å²) >= 11 is 1.90. The van der Waals surface area contributed by atoms with Crippen molar-refractivity contribution in [3.63, 3.8) is 0 Å². The highest BCUT2D eigenvalue weighted by Crippen LogP contribution is 2.36. The Kier molecular flexibility index (Phi) is 2.84. The van der Waals surface area contributed by atoms with Crippen LogP contribution < -0.4 is 0 Å². The SMILES string of the molecule is CC[C@@H](C1=CCCC1)c1cccs1. The molecule has 2 rings (SSSR count). The molecule has 0 saturated carbocycles. The van der Waals surface area contributed by atoms with Crippen molar-refractivity contribution < 1.29 is 0 Å². The highest BCUT2D eigenvalue weighted by molar-refractivity contribution is 7.10. The normalized spacial score (nSPS) is 18.7. The molecule has 1 aliphatic rings. The third-order valence-electron chi connectivity index (χ3n) is 2.82. The van der Waals surface area contributed by atoms with Gasteiger partial charge in [-0.15, -0.1) is 11.3 Å². The molecule has 0 saturated heterocycles. The van der Waals surface area contributed by atoms with E-state index < -0.39 is 0 Å². The predicted octanol–water partition coefficient (Wildman–Crippen LogP) is 4.35. The number of hydrogen-bond acceptors (Lipinski definition) is 1. The van der Waals surface area contributed by atoms with E-state index >= 15 is 0 Å². The largest absolute Gasteiger partial charge is 0.148 e. The van der Waals surface area contributed by atoms with Gasteiger partial charge in [0.1, 0.15) is 0 Å². The van der Waals surface area contributed by atoms with Crippen LogP contribution in [0.1, 0.15) is 43.4 Å². The van der Waals surface area contributed by atoms with Crippen molar-refractivity contribution in [2.75, 3.05) is 0 Å². The molecule has 0 radical (unpaired) electrons. The van der Waals surface area contributed by atoms with Gasteiger partial charge in [-0.25, -0.2) is 0 Å². The van der Waals surface area contributed by atoms with Gasteiger partial charge < -0.3 is 0 Å². The molecule has 0 unspecified atom stereocenters. The summed E-state index contributed by atoms with van der Waals surface area (Å²) in [6.45, 7) is 2.30. The molecular weight excluding hydrogens is 176 g/mol. The Labute approximate surface area is 84.3 Å². The zero-order valence-corrected chi connectivity index (χ0v) is 8.94. The Morgan fingerprint density at radius 2 is 2.46 bits per heavy atom. The molecule has 0 fully saturated rings. The van der Waals surface area contributed by atoms with Gasteiger partial charge in [0.05, 0.1) is 0 Å². The number of allylic oxidation sites excluding steroid dienone is 2. The van der Waals surface area contributed by atoms with Gasteiger partial charge in [-0.05, 0) is 37.1 Å². The van der Waals surface area contributed by atoms with E-state index in [0.717, 1.165) is 5.92 Å². The molecule has 0 aromatic carbocycles. The van der Waals surface area contributed by atoms with E-state index in [1.807, 2.05) is 11.3 Å². The molecule has 1 aliphatic carbocycles. The second kappa shape index (κ2) is 4.10.